The molecule has 0 N–H and O–H groups in total. The fourth-order valence-electron chi connectivity index (χ4n) is 7.59. The van der Waals surface area contributed by atoms with Gasteiger partial charge in [0.15, 0.2) is 5.82 Å². The minimum Gasteiger partial charge on any atom is -0.265 e. The fraction of sp³-hybridized carbons (Fsp3) is 0.0612. The fourth-order valence-corrected chi connectivity index (χ4v) is 7.59. The largest absolute Gasteiger partial charge is 0.265 e. The molecular weight excluding hydrogens is 645 g/mol. The zero-order valence-electron chi connectivity index (χ0n) is 29.5. The smallest absolute Gasteiger partial charge is 0.160 e. The molecule has 0 aliphatic heterocycles. The third-order valence-corrected chi connectivity index (χ3v) is 10.4. The summed E-state index contributed by atoms with van der Waals surface area (Å²) < 4.78 is 0. The van der Waals surface area contributed by atoms with Gasteiger partial charge in [0.1, 0.15) is 0 Å². The lowest BCUT2D eigenvalue weighted by molar-refractivity contribution is 0.660. The van der Waals surface area contributed by atoms with E-state index in [0.29, 0.717) is 11.4 Å². The quantitative estimate of drug-likeness (QED) is 0.176. The molecule has 0 saturated heterocycles. The molecule has 4 nitrogen and oxygen atoms in total. The van der Waals surface area contributed by atoms with Gasteiger partial charge in [-0.05, 0) is 116 Å². The van der Waals surface area contributed by atoms with E-state index in [1.165, 1.54) is 22.3 Å². The topological polar surface area (TPSA) is 62.5 Å². The summed E-state index contributed by atoms with van der Waals surface area (Å²) in [6, 6.07) is 57.3. The molecule has 1 aliphatic carbocycles. The van der Waals surface area contributed by atoms with Gasteiger partial charge in [-0.2, -0.15) is 5.26 Å². The Morgan fingerprint density at radius 2 is 0.943 bits per heavy atom. The van der Waals surface area contributed by atoms with Crippen molar-refractivity contribution in [3.63, 3.8) is 0 Å². The van der Waals surface area contributed by atoms with Crippen molar-refractivity contribution >= 4 is 0 Å². The van der Waals surface area contributed by atoms with Crippen LogP contribution in [0.3, 0.4) is 0 Å². The molecule has 6 aromatic carbocycles. The molecule has 8 aromatic rings. The normalized spacial score (nSPS) is 12.5. The van der Waals surface area contributed by atoms with Crippen LogP contribution in [0, 0.1) is 11.3 Å². The number of nitriles is 1. The van der Waals surface area contributed by atoms with Crippen LogP contribution in [0.5, 0.6) is 0 Å². The van der Waals surface area contributed by atoms with Crippen LogP contribution >= 0.6 is 0 Å². The summed E-state index contributed by atoms with van der Waals surface area (Å²) in [5, 5.41) is 9.67. The van der Waals surface area contributed by atoms with Gasteiger partial charge in [-0.3, -0.25) is 4.98 Å². The van der Waals surface area contributed by atoms with Crippen molar-refractivity contribution in [1.82, 2.24) is 15.0 Å². The Labute approximate surface area is 309 Å². The molecule has 53 heavy (non-hydrogen) atoms. The van der Waals surface area contributed by atoms with Gasteiger partial charge < -0.3 is 0 Å². The van der Waals surface area contributed by atoms with Crippen LogP contribution in [0.4, 0.5) is 0 Å². The van der Waals surface area contributed by atoms with E-state index in [4.69, 9.17) is 9.97 Å². The third-order valence-electron chi connectivity index (χ3n) is 10.4. The van der Waals surface area contributed by atoms with Gasteiger partial charge in [0.2, 0.25) is 0 Å². The summed E-state index contributed by atoms with van der Waals surface area (Å²) >= 11 is 0. The molecule has 4 heteroatoms. The average molecular weight is 679 g/mol. The molecule has 9 rings (SSSR count). The molecule has 0 bridgehead atoms. The van der Waals surface area contributed by atoms with Crippen molar-refractivity contribution in [2.75, 3.05) is 0 Å². The summed E-state index contributed by atoms with van der Waals surface area (Å²) in [5.74, 6) is 0.663. The van der Waals surface area contributed by atoms with E-state index in [1.54, 1.807) is 0 Å². The number of benzene rings is 6. The molecule has 0 amide bonds. The van der Waals surface area contributed by atoms with Crippen molar-refractivity contribution in [3.05, 3.63) is 187 Å². The number of fused-ring (bicyclic) bond motifs is 3. The standard InChI is InChI=1S/C49H34N4/c1-49(2)44-24-32(31-50)16-18-42(44)43-19-17-38(29-45(43)49)40-26-39(37-15-9-14-36(25-37)33-20-22-51-23-21-33)27-41(28-40)48-52-46(34-10-5-3-6-11-34)30-47(53-48)35-12-7-4-8-13-35/h3-30H,1-2H3. The van der Waals surface area contributed by atoms with Crippen LogP contribution in [0.1, 0.15) is 30.5 Å². The lowest BCUT2D eigenvalue weighted by Gasteiger charge is -2.22. The molecule has 0 spiro atoms. The van der Waals surface area contributed by atoms with Gasteiger partial charge in [-0.1, -0.05) is 111 Å². The number of hydrogen-bond donors (Lipinski definition) is 0. The summed E-state index contributed by atoms with van der Waals surface area (Å²) in [4.78, 5) is 14.7. The monoisotopic (exact) mass is 678 g/mol. The van der Waals surface area contributed by atoms with Gasteiger partial charge in [0.05, 0.1) is 23.0 Å². The molecule has 0 atom stereocenters. The van der Waals surface area contributed by atoms with Gasteiger partial charge in [-0.15, -0.1) is 0 Å². The Morgan fingerprint density at radius 1 is 0.434 bits per heavy atom. The molecule has 2 aromatic heterocycles. The van der Waals surface area contributed by atoms with E-state index in [-0.39, 0.29) is 5.41 Å². The highest BCUT2D eigenvalue weighted by molar-refractivity contribution is 5.87. The van der Waals surface area contributed by atoms with Crippen molar-refractivity contribution in [1.29, 1.82) is 5.26 Å². The zero-order valence-corrected chi connectivity index (χ0v) is 29.5. The van der Waals surface area contributed by atoms with Gasteiger partial charge >= 0.3 is 0 Å². The Hall–Kier alpha value is -6.96. The maximum atomic E-state index is 9.67. The number of nitrogens with zero attached hydrogens (tertiary/aromatic N) is 4. The van der Waals surface area contributed by atoms with Crippen molar-refractivity contribution in [2.24, 2.45) is 0 Å². The third kappa shape index (κ3) is 5.89. The van der Waals surface area contributed by atoms with Gasteiger partial charge in [0.25, 0.3) is 0 Å². The lowest BCUT2D eigenvalue weighted by Crippen LogP contribution is -2.15. The Bertz CT molecular complexity index is 2630. The molecule has 2 heterocycles. The Balaban J connectivity index is 1.25. The summed E-state index contributed by atoms with van der Waals surface area (Å²) in [6.45, 7) is 4.51. The van der Waals surface area contributed by atoms with Crippen LogP contribution in [-0.2, 0) is 5.41 Å². The van der Waals surface area contributed by atoms with Crippen LogP contribution in [0.2, 0.25) is 0 Å². The van der Waals surface area contributed by atoms with E-state index < -0.39 is 0 Å². The second-order valence-electron chi connectivity index (χ2n) is 14.1. The highest BCUT2D eigenvalue weighted by atomic mass is 14.9. The van der Waals surface area contributed by atoms with Gasteiger partial charge in [0, 0.05) is 34.5 Å². The van der Waals surface area contributed by atoms with Crippen molar-refractivity contribution in [3.8, 4) is 84.5 Å². The molecule has 0 saturated carbocycles. The molecule has 0 radical (unpaired) electrons. The summed E-state index contributed by atoms with van der Waals surface area (Å²) in [6.07, 6.45) is 3.66. The minimum absolute atomic E-state index is 0.259. The minimum atomic E-state index is -0.259. The van der Waals surface area contributed by atoms with E-state index in [9.17, 15) is 5.26 Å². The zero-order chi connectivity index (χ0) is 35.9. The van der Waals surface area contributed by atoms with Crippen LogP contribution in [-0.4, -0.2) is 15.0 Å². The van der Waals surface area contributed by atoms with E-state index in [1.807, 2.05) is 73.1 Å². The highest BCUT2D eigenvalue weighted by Crippen LogP contribution is 2.50. The number of hydrogen-bond acceptors (Lipinski definition) is 4. The van der Waals surface area contributed by atoms with Crippen molar-refractivity contribution < 1.29 is 0 Å². The van der Waals surface area contributed by atoms with Crippen LogP contribution < -0.4 is 0 Å². The number of pyridine rings is 1. The second kappa shape index (κ2) is 13.0. The highest BCUT2D eigenvalue weighted by Gasteiger charge is 2.36. The molecule has 0 unspecified atom stereocenters. The molecule has 0 fully saturated rings. The first-order chi connectivity index (χ1) is 25.9. The van der Waals surface area contributed by atoms with E-state index in [0.717, 1.165) is 61.5 Å². The Kier molecular flexibility index (Phi) is 7.83. The SMILES string of the molecule is CC1(C)c2cc(C#N)ccc2-c2ccc(-c3cc(-c4cccc(-c5ccncc5)c4)cc(-c4nc(-c5ccccc5)cc(-c5ccccc5)n4)c3)cc21. The predicted octanol–water partition coefficient (Wildman–Crippen LogP) is 12.1. The lowest BCUT2D eigenvalue weighted by atomic mass is 9.81. The number of rotatable bonds is 6. The molecule has 1 aliphatic rings. The molecular formula is C49H34N4. The van der Waals surface area contributed by atoms with Crippen molar-refractivity contribution in [2.45, 2.75) is 19.3 Å². The maximum absolute atomic E-state index is 9.67. The average Bonchev–Trinajstić information content (AvgIpc) is 3.46. The first-order valence-corrected chi connectivity index (χ1v) is 17.8. The van der Waals surface area contributed by atoms with E-state index in [2.05, 4.69) is 122 Å². The molecule has 250 valence electrons. The first-order valence-electron chi connectivity index (χ1n) is 17.8. The first kappa shape index (κ1) is 32.0. The summed E-state index contributed by atoms with van der Waals surface area (Å²) in [5.41, 5.74) is 16.6. The number of aromatic nitrogens is 3. The summed E-state index contributed by atoms with van der Waals surface area (Å²) in [7, 11) is 0. The maximum Gasteiger partial charge on any atom is 0.160 e. The van der Waals surface area contributed by atoms with E-state index >= 15 is 0 Å². The Morgan fingerprint density at radius 3 is 1.57 bits per heavy atom. The second-order valence-corrected chi connectivity index (χ2v) is 14.1. The predicted molar refractivity (Wildman–Crippen MR) is 215 cm³/mol. The van der Waals surface area contributed by atoms with Crippen LogP contribution in [0.15, 0.2) is 170 Å². The van der Waals surface area contributed by atoms with Crippen LogP contribution in [0.25, 0.3) is 78.4 Å². The van der Waals surface area contributed by atoms with Gasteiger partial charge in [-0.25, -0.2) is 9.97 Å².